The quantitative estimate of drug-likeness (QED) is 0.676. The summed E-state index contributed by atoms with van der Waals surface area (Å²) in [4.78, 5) is 2.52. The van der Waals surface area contributed by atoms with Gasteiger partial charge in [-0.25, -0.2) is 0 Å². The second-order valence-electron chi connectivity index (χ2n) is 4.87. The number of aliphatic hydroxyl groups excluding tert-OH is 1. The molecule has 2 aliphatic heterocycles. The lowest BCUT2D eigenvalue weighted by Gasteiger charge is -2.37. The average molecular weight is 198 g/mol. The number of aliphatic hydroxyl groups is 1. The van der Waals surface area contributed by atoms with Gasteiger partial charge in [-0.1, -0.05) is 6.92 Å². The summed E-state index contributed by atoms with van der Waals surface area (Å²) in [6.07, 6.45) is 3.74. The summed E-state index contributed by atoms with van der Waals surface area (Å²) in [6.45, 7) is 6.10. The molecule has 0 spiro atoms. The summed E-state index contributed by atoms with van der Waals surface area (Å²) >= 11 is 0. The predicted octanol–water partition coefficient (Wildman–Crippen LogP) is 0.441. The highest BCUT2D eigenvalue weighted by Gasteiger charge is 2.32. The molecule has 3 nitrogen and oxygen atoms in total. The second kappa shape index (κ2) is 4.60. The van der Waals surface area contributed by atoms with Gasteiger partial charge < -0.3 is 10.4 Å². The van der Waals surface area contributed by atoms with Crippen LogP contribution in [0.15, 0.2) is 0 Å². The Hall–Kier alpha value is -0.120. The lowest BCUT2D eigenvalue weighted by atomic mass is 9.96. The van der Waals surface area contributed by atoms with Crippen LogP contribution in [-0.4, -0.2) is 48.3 Å². The maximum absolute atomic E-state index is 9.27. The predicted molar refractivity (Wildman–Crippen MR) is 57.3 cm³/mol. The highest BCUT2D eigenvalue weighted by molar-refractivity contribution is 4.88. The lowest BCUT2D eigenvalue weighted by Crippen LogP contribution is -2.51. The summed E-state index contributed by atoms with van der Waals surface area (Å²) in [5.74, 6) is 0.786. The third-order valence-electron chi connectivity index (χ3n) is 3.65. The third-order valence-corrected chi connectivity index (χ3v) is 3.65. The van der Waals surface area contributed by atoms with Crippen molar-refractivity contribution in [3.8, 4) is 0 Å². The molecule has 2 heterocycles. The fraction of sp³-hybridized carbons (Fsp3) is 1.00. The molecule has 2 N–H and O–H groups in total. The maximum atomic E-state index is 9.27. The van der Waals surface area contributed by atoms with Crippen molar-refractivity contribution < 1.29 is 5.11 Å². The van der Waals surface area contributed by atoms with E-state index >= 15 is 0 Å². The molecule has 2 saturated heterocycles. The van der Waals surface area contributed by atoms with Gasteiger partial charge in [0.2, 0.25) is 0 Å². The van der Waals surface area contributed by atoms with Crippen molar-refractivity contribution in [3.05, 3.63) is 0 Å². The Morgan fingerprint density at radius 1 is 1.43 bits per heavy atom. The minimum Gasteiger partial charge on any atom is -0.395 e. The highest BCUT2D eigenvalue weighted by Crippen LogP contribution is 2.24. The Morgan fingerprint density at radius 2 is 2.29 bits per heavy atom. The number of nitrogens with zero attached hydrogens (tertiary/aromatic N) is 1. The standard InChI is InChI=1S/C11H22N2O/c1-9-5-11(7-12-6-9)13-4-2-3-10(13)8-14/h9-12,14H,2-8H2,1H3/t9?,10-,11?/m0/s1. The van der Waals surface area contributed by atoms with Gasteiger partial charge in [-0.05, 0) is 38.3 Å². The maximum Gasteiger partial charge on any atom is 0.0587 e. The molecule has 0 aromatic heterocycles. The van der Waals surface area contributed by atoms with Gasteiger partial charge in [-0.2, -0.15) is 0 Å². The van der Waals surface area contributed by atoms with E-state index in [1.807, 2.05) is 0 Å². The summed E-state index contributed by atoms with van der Waals surface area (Å²) in [5, 5.41) is 12.8. The van der Waals surface area contributed by atoms with E-state index in [2.05, 4.69) is 17.1 Å². The zero-order valence-corrected chi connectivity index (χ0v) is 9.08. The third kappa shape index (κ3) is 2.10. The van der Waals surface area contributed by atoms with E-state index in [0.29, 0.717) is 18.7 Å². The summed E-state index contributed by atoms with van der Waals surface area (Å²) in [6, 6.07) is 1.10. The first kappa shape index (κ1) is 10.4. The SMILES string of the molecule is CC1CNCC(N2CCC[C@H]2CO)C1. The number of hydrogen-bond donors (Lipinski definition) is 2. The average Bonchev–Trinajstić information content (AvgIpc) is 2.65. The molecule has 0 aromatic carbocycles. The number of nitrogens with one attached hydrogen (secondary N) is 1. The molecule has 2 fully saturated rings. The van der Waals surface area contributed by atoms with E-state index in [0.717, 1.165) is 19.0 Å². The number of rotatable bonds is 2. The molecule has 0 saturated carbocycles. The molecule has 3 heteroatoms. The molecule has 0 aliphatic carbocycles. The van der Waals surface area contributed by atoms with Crippen molar-refractivity contribution in [1.82, 2.24) is 10.2 Å². The first-order valence-electron chi connectivity index (χ1n) is 5.88. The number of likely N-dealkylation sites (tertiary alicyclic amines) is 1. The van der Waals surface area contributed by atoms with Gasteiger partial charge in [0.05, 0.1) is 6.61 Å². The van der Waals surface area contributed by atoms with Crippen molar-refractivity contribution in [2.75, 3.05) is 26.2 Å². The summed E-state index contributed by atoms with van der Waals surface area (Å²) in [5.41, 5.74) is 0. The highest BCUT2D eigenvalue weighted by atomic mass is 16.3. The molecule has 2 unspecified atom stereocenters. The van der Waals surface area contributed by atoms with Crippen molar-refractivity contribution >= 4 is 0 Å². The van der Waals surface area contributed by atoms with Crippen LogP contribution in [0.4, 0.5) is 0 Å². The fourth-order valence-electron chi connectivity index (χ4n) is 2.91. The first-order chi connectivity index (χ1) is 6.81. The smallest absolute Gasteiger partial charge is 0.0587 e. The Labute approximate surface area is 86.5 Å². The Bertz CT molecular complexity index is 186. The zero-order valence-electron chi connectivity index (χ0n) is 9.08. The van der Waals surface area contributed by atoms with E-state index < -0.39 is 0 Å². The van der Waals surface area contributed by atoms with Crippen LogP contribution in [0.2, 0.25) is 0 Å². The monoisotopic (exact) mass is 198 g/mol. The minimum atomic E-state index is 0.338. The molecular weight excluding hydrogens is 176 g/mol. The zero-order chi connectivity index (χ0) is 9.97. The van der Waals surface area contributed by atoms with Gasteiger partial charge >= 0.3 is 0 Å². The van der Waals surface area contributed by atoms with Crippen LogP contribution in [0.25, 0.3) is 0 Å². The molecule has 2 rings (SSSR count). The first-order valence-corrected chi connectivity index (χ1v) is 5.88. The molecule has 0 bridgehead atoms. The van der Waals surface area contributed by atoms with E-state index in [1.54, 1.807) is 0 Å². The number of hydrogen-bond acceptors (Lipinski definition) is 3. The van der Waals surface area contributed by atoms with Crippen molar-refractivity contribution in [2.45, 2.75) is 38.3 Å². The van der Waals surface area contributed by atoms with Gasteiger partial charge in [0.1, 0.15) is 0 Å². The van der Waals surface area contributed by atoms with Gasteiger partial charge in [0.15, 0.2) is 0 Å². The van der Waals surface area contributed by atoms with Crippen LogP contribution in [0.5, 0.6) is 0 Å². The van der Waals surface area contributed by atoms with Gasteiger partial charge in [-0.15, -0.1) is 0 Å². The molecule has 0 radical (unpaired) electrons. The Morgan fingerprint density at radius 3 is 3.00 bits per heavy atom. The van der Waals surface area contributed by atoms with Crippen LogP contribution in [0.1, 0.15) is 26.2 Å². The molecule has 14 heavy (non-hydrogen) atoms. The number of piperidine rings is 1. The van der Waals surface area contributed by atoms with E-state index in [-0.39, 0.29) is 0 Å². The van der Waals surface area contributed by atoms with Crippen LogP contribution in [0, 0.1) is 5.92 Å². The van der Waals surface area contributed by atoms with Crippen molar-refractivity contribution in [2.24, 2.45) is 5.92 Å². The largest absolute Gasteiger partial charge is 0.395 e. The summed E-state index contributed by atoms with van der Waals surface area (Å²) < 4.78 is 0. The van der Waals surface area contributed by atoms with E-state index in [1.165, 1.54) is 25.8 Å². The topological polar surface area (TPSA) is 35.5 Å². The van der Waals surface area contributed by atoms with Crippen LogP contribution < -0.4 is 5.32 Å². The molecular formula is C11H22N2O. The molecule has 82 valence electrons. The van der Waals surface area contributed by atoms with Crippen LogP contribution in [0.3, 0.4) is 0 Å². The molecule has 0 aromatic rings. The van der Waals surface area contributed by atoms with E-state index in [4.69, 9.17) is 0 Å². The van der Waals surface area contributed by atoms with Crippen LogP contribution in [-0.2, 0) is 0 Å². The molecule has 2 aliphatic rings. The molecule has 0 amide bonds. The van der Waals surface area contributed by atoms with Gasteiger partial charge in [-0.3, -0.25) is 4.90 Å². The van der Waals surface area contributed by atoms with Crippen LogP contribution >= 0.6 is 0 Å². The lowest BCUT2D eigenvalue weighted by molar-refractivity contribution is 0.0933. The Kier molecular flexibility index (Phi) is 3.42. The van der Waals surface area contributed by atoms with Gasteiger partial charge in [0, 0.05) is 18.6 Å². The van der Waals surface area contributed by atoms with E-state index in [9.17, 15) is 5.11 Å². The Balaban J connectivity index is 1.92. The van der Waals surface area contributed by atoms with Crippen molar-refractivity contribution in [3.63, 3.8) is 0 Å². The molecule has 3 atom stereocenters. The normalized spacial score (nSPS) is 40.3. The fourth-order valence-corrected chi connectivity index (χ4v) is 2.91. The van der Waals surface area contributed by atoms with Crippen molar-refractivity contribution in [1.29, 1.82) is 0 Å². The minimum absolute atomic E-state index is 0.338. The second-order valence-corrected chi connectivity index (χ2v) is 4.87. The summed E-state index contributed by atoms with van der Waals surface area (Å²) in [7, 11) is 0. The van der Waals surface area contributed by atoms with Gasteiger partial charge in [0.25, 0.3) is 0 Å².